The van der Waals surface area contributed by atoms with Gasteiger partial charge < -0.3 is 20.4 Å². The lowest BCUT2D eigenvalue weighted by atomic mass is 10.1. The van der Waals surface area contributed by atoms with Crippen molar-refractivity contribution in [3.63, 3.8) is 0 Å². The van der Waals surface area contributed by atoms with Gasteiger partial charge in [-0.25, -0.2) is 18.7 Å². The van der Waals surface area contributed by atoms with Gasteiger partial charge in [0.15, 0.2) is 5.82 Å². The highest BCUT2D eigenvalue weighted by atomic mass is 19.1. The normalized spacial score (nSPS) is 12.7. The van der Waals surface area contributed by atoms with E-state index >= 15 is 0 Å². The summed E-state index contributed by atoms with van der Waals surface area (Å²) in [6, 6.07) is 8.77. The van der Waals surface area contributed by atoms with Crippen LogP contribution in [0.3, 0.4) is 0 Å². The van der Waals surface area contributed by atoms with Crippen molar-refractivity contribution in [2.45, 2.75) is 25.7 Å². The highest BCUT2D eigenvalue weighted by molar-refractivity contribution is 5.93. The van der Waals surface area contributed by atoms with Crippen molar-refractivity contribution in [3.8, 4) is 11.4 Å². The predicted molar refractivity (Wildman–Crippen MR) is 121 cm³/mol. The molecule has 0 spiro atoms. The summed E-state index contributed by atoms with van der Waals surface area (Å²) >= 11 is 0. The zero-order valence-electron chi connectivity index (χ0n) is 17.9. The second-order valence-corrected chi connectivity index (χ2v) is 7.92. The van der Waals surface area contributed by atoms with E-state index in [-0.39, 0.29) is 17.7 Å². The first-order chi connectivity index (χ1) is 16.0. The molecule has 1 amide bonds. The number of aryl methyl sites for hydroxylation is 1. The van der Waals surface area contributed by atoms with Crippen LogP contribution >= 0.6 is 0 Å². The van der Waals surface area contributed by atoms with Crippen LogP contribution in [0.1, 0.15) is 23.2 Å². The van der Waals surface area contributed by atoms with E-state index in [1.54, 1.807) is 12.1 Å². The van der Waals surface area contributed by atoms with E-state index in [1.165, 1.54) is 37.7 Å². The number of rotatable bonds is 5. The van der Waals surface area contributed by atoms with Crippen LogP contribution in [0.5, 0.6) is 5.75 Å². The SMILES string of the molecule is COc1ccc(CC(=O)Nc2ccc(-n3c4c(c5ncnc(N)c53)CCC4)cc2F)c(F)c1. The largest absolute Gasteiger partial charge is 0.497 e. The van der Waals surface area contributed by atoms with E-state index in [2.05, 4.69) is 15.3 Å². The Morgan fingerprint density at radius 3 is 2.76 bits per heavy atom. The summed E-state index contributed by atoms with van der Waals surface area (Å²) in [5, 5.41) is 2.52. The number of nitrogens with zero attached hydrogens (tertiary/aromatic N) is 3. The number of amides is 1. The van der Waals surface area contributed by atoms with E-state index in [4.69, 9.17) is 10.5 Å². The van der Waals surface area contributed by atoms with Gasteiger partial charge in [-0.3, -0.25) is 4.79 Å². The highest BCUT2D eigenvalue weighted by Crippen LogP contribution is 2.36. The van der Waals surface area contributed by atoms with Crippen molar-refractivity contribution < 1.29 is 18.3 Å². The summed E-state index contributed by atoms with van der Waals surface area (Å²) in [5.41, 5.74) is 10.5. The van der Waals surface area contributed by atoms with Crippen LogP contribution in [0.4, 0.5) is 20.3 Å². The lowest BCUT2D eigenvalue weighted by Gasteiger charge is -2.13. The molecule has 2 heterocycles. The van der Waals surface area contributed by atoms with Crippen LogP contribution in [0.15, 0.2) is 42.7 Å². The minimum Gasteiger partial charge on any atom is -0.497 e. The van der Waals surface area contributed by atoms with Crippen molar-refractivity contribution in [1.82, 2.24) is 14.5 Å². The second-order valence-electron chi connectivity index (χ2n) is 7.92. The van der Waals surface area contributed by atoms with Crippen molar-refractivity contribution in [2.75, 3.05) is 18.2 Å². The van der Waals surface area contributed by atoms with Gasteiger partial charge in [-0.2, -0.15) is 0 Å². The zero-order chi connectivity index (χ0) is 23.1. The van der Waals surface area contributed by atoms with E-state index in [1.807, 2.05) is 4.57 Å². The number of hydrogen-bond donors (Lipinski definition) is 2. The van der Waals surface area contributed by atoms with Crippen LogP contribution in [-0.2, 0) is 24.1 Å². The molecule has 0 bridgehead atoms. The molecule has 4 aromatic rings. The lowest BCUT2D eigenvalue weighted by Crippen LogP contribution is -2.16. The Hall–Kier alpha value is -4.01. The molecular weight excluding hydrogens is 428 g/mol. The topological polar surface area (TPSA) is 95.1 Å². The number of anilines is 2. The standard InChI is InChI=1S/C24H21F2N5O2/c1-33-15-7-5-13(17(25)11-15)9-21(32)30-19-8-6-14(10-18(19)26)31-20-4-2-3-16(20)22-23(31)24(27)29-12-28-22/h5-8,10-12H,2-4,9H2,1H3,(H,30,32)(H2,27,28,29). The molecule has 0 aliphatic heterocycles. The van der Waals surface area contributed by atoms with Crippen LogP contribution in [0, 0.1) is 11.6 Å². The Balaban J connectivity index is 1.43. The lowest BCUT2D eigenvalue weighted by molar-refractivity contribution is -0.115. The molecule has 0 saturated heterocycles. The average Bonchev–Trinajstić information content (AvgIpc) is 3.38. The number of carbonyl (C=O) groups is 1. The van der Waals surface area contributed by atoms with E-state index in [0.29, 0.717) is 22.8 Å². The molecule has 2 aromatic carbocycles. The number of hydrogen-bond acceptors (Lipinski definition) is 5. The molecule has 0 saturated carbocycles. The number of nitrogens with one attached hydrogen (secondary N) is 1. The summed E-state index contributed by atoms with van der Waals surface area (Å²) in [5.74, 6) is -1.02. The molecule has 9 heteroatoms. The summed E-state index contributed by atoms with van der Waals surface area (Å²) in [7, 11) is 1.43. The third kappa shape index (κ3) is 3.65. The molecule has 2 aromatic heterocycles. The fourth-order valence-corrected chi connectivity index (χ4v) is 4.39. The van der Waals surface area contributed by atoms with Gasteiger partial charge in [0.1, 0.15) is 29.2 Å². The van der Waals surface area contributed by atoms with Crippen molar-refractivity contribution >= 4 is 28.4 Å². The van der Waals surface area contributed by atoms with Crippen molar-refractivity contribution in [1.29, 1.82) is 0 Å². The molecular formula is C24H21F2N5O2. The highest BCUT2D eigenvalue weighted by Gasteiger charge is 2.25. The Bertz CT molecular complexity index is 1400. The molecule has 5 rings (SSSR count). The summed E-state index contributed by atoms with van der Waals surface area (Å²) in [6.07, 6.45) is 3.90. The molecule has 168 valence electrons. The Morgan fingerprint density at radius 2 is 2.00 bits per heavy atom. The number of fused-ring (bicyclic) bond motifs is 3. The number of nitrogen functional groups attached to an aromatic ring is 1. The van der Waals surface area contributed by atoms with Crippen LogP contribution in [-0.4, -0.2) is 27.6 Å². The molecule has 33 heavy (non-hydrogen) atoms. The monoisotopic (exact) mass is 449 g/mol. The first-order valence-electron chi connectivity index (χ1n) is 10.5. The number of nitrogens with two attached hydrogens (primary N) is 1. The fourth-order valence-electron chi connectivity index (χ4n) is 4.39. The third-order valence-corrected chi connectivity index (χ3v) is 5.91. The smallest absolute Gasteiger partial charge is 0.228 e. The second kappa shape index (κ2) is 8.16. The van der Waals surface area contributed by atoms with Crippen molar-refractivity contribution in [3.05, 3.63) is 71.2 Å². The third-order valence-electron chi connectivity index (χ3n) is 5.91. The van der Waals surface area contributed by atoms with Gasteiger partial charge in [0.2, 0.25) is 5.91 Å². The minimum absolute atomic E-state index is 0.00926. The summed E-state index contributed by atoms with van der Waals surface area (Å²) in [4.78, 5) is 20.9. The average molecular weight is 449 g/mol. The fraction of sp³-hybridized carbons (Fsp3) is 0.208. The van der Waals surface area contributed by atoms with Gasteiger partial charge >= 0.3 is 0 Å². The van der Waals surface area contributed by atoms with Crippen LogP contribution < -0.4 is 15.8 Å². The number of carbonyl (C=O) groups excluding carboxylic acids is 1. The summed E-state index contributed by atoms with van der Waals surface area (Å²) in [6.45, 7) is 0. The van der Waals surface area contributed by atoms with Gasteiger partial charge in [-0.15, -0.1) is 0 Å². The number of methoxy groups -OCH3 is 1. The molecule has 0 atom stereocenters. The van der Waals surface area contributed by atoms with Gasteiger partial charge in [0.25, 0.3) is 0 Å². The molecule has 0 fully saturated rings. The first-order valence-corrected chi connectivity index (χ1v) is 10.5. The van der Waals surface area contributed by atoms with Gasteiger partial charge in [-0.1, -0.05) is 6.07 Å². The zero-order valence-corrected chi connectivity index (χ0v) is 17.9. The minimum atomic E-state index is -0.611. The maximum atomic E-state index is 15.0. The number of benzene rings is 2. The maximum Gasteiger partial charge on any atom is 0.228 e. The van der Waals surface area contributed by atoms with E-state index in [0.717, 1.165) is 36.0 Å². The van der Waals surface area contributed by atoms with Crippen LogP contribution in [0.25, 0.3) is 16.7 Å². The molecule has 7 nitrogen and oxygen atoms in total. The number of ether oxygens (including phenoxy) is 1. The van der Waals surface area contributed by atoms with Gasteiger partial charge in [-0.05, 0) is 48.6 Å². The first kappa shape index (κ1) is 20.9. The maximum absolute atomic E-state index is 15.0. The Morgan fingerprint density at radius 1 is 1.15 bits per heavy atom. The molecule has 1 aliphatic carbocycles. The van der Waals surface area contributed by atoms with Crippen molar-refractivity contribution in [2.24, 2.45) is 0 Å². The molecule has 1 aliphatic rings. The van der Waals surface area contributed by atoms with Gasteiger partial charge in [0.05, 0.1) is 24.7 Å². The Labute approximate surface area is 188 Å². The molecule has 0 radical (unpaired) electrons. The number of aromatic nitrogens is 3. The number of halogens is 2. The molecule has 0 unspecified atom stereocenters. The van der Waals surface area contributed by atoms with Crippen LogP contribution in [0.2, 0.25) is 0 Å². The van der Waals surface area contributed by atoms with E-state index in [9.17, 15) is 13.6 Å². The predicted octanol–water partition coefficient (Wildman–Crippen LogP) is 3.96. The quantitative estimate of drug-likeness (QED) is 0.481. The van der Waals surface area contributed by atoms with Gasteiger partial charge in [0, 0.05) is 23.5 Å². The van der Waals surface area contributed by atoms with E-state index < -0.39 is 17.5 Å². The molecule has 3 N–H and O–H groups in total. The summed E-state index contributed by atoms with van der Waals surface area (Å²) < 4.78 is 36.0. The Kier molecular flexibility index (Phi) is 5.16.